The molecule has 2 atom stereocenters. The van der Waals surface area contributed by atoms with Crippen LogP contribution in [-0.4, -0.2) is 50.0 Å². The van der Waals surface area contributed by atoms with E-state index in [9.17, 15) is 5.11 Å². The molecule has 0 bridgehead atoms. The standard InChI is InChI=1S/C16H25ClN2O3.ClH/c1-10-13(17)8-12(11(2)18)16(21-3)15(10)14(20)9-19-4-6-22-7-5-19;/h8,11,14,20H,4-7,9,18H2,1-3H3;1H. The number of nitrogens with zero attached hydrogens (tertiary/aromatic N) is 1. The number of morpholine rings is 1. The second-order valence-electron chi connectivity index (χ2n) is 5.74. The highest BCUT2D eigenvalue weighted by Gasteiger charge is 2.25. The van der Waals surface area contributed by atoms with Gasteiger partial charge in [0.1, 0.15) is 5.75 Å². The second kappa shape index (κ2) is 9.06. The highest BCUT2D eigenvalue weighted by molar-refractivity contribution is 6.31. The van der Waals surface area contributed by atoms with Crippen LogP contribution in [0.4, 0.5) is 0 Å². The van der Waals surface area contributed by atoms with Crippen molar-refractivity contribution in [3.8, 4) is 5.75 Å². The van der Waals surface area contributed by atoms with Crippen LogP contribution in [0.5, 0.6) is 5.75 Å². The number of aliphatic hydroxyl groups is 1. The van der Waals surface area contributed by atoms with Gasteiger partial charge in [-0.3, -0.25) is 4.90 Å². The molecule has 1 aromatic carbocycles. The summed E-state index contributed by atoms with van der Waals surface area (Å²) in [5, 5.41) is 11.3. The second-order valence-corrected chi connectivity index (χ2v) is 6.14. The summed E-state index contributed by atoms with van der Waals surface area (Å²) in [6.45, 7) is 7.33. The molecular formula is C16H26Cl2N2O3. The fourth-order valence-electron chi connectivity index (χ4n) is 2.85. The number of ether oxygens (including phenoxy) is 2. The van der Waals surface area contributed by atoms with Crippen molar-refractivity contribution in [3.05, 3.63) is 27.8 Å². The van der Waals surface area contributed by atoms with Gasteiger partial charge in [-0.15, -0.1) is 12.4 Å². The zero-order valence-corrected chi connectivity index (χ0v) is 15.4. The smallest absolute Gasteiger partial charge is 0.129 e. The van der Waals surface area contributed by atoms with E-state index in [0.29, 0.717) is 30.5 Å². The van der Waals surface area contributed by atoms with E-state index in [1.807, 2.05) is 19.9 Å². The molecular weight excluding hydrogens is 339 g/mol. The van der Waals surface area contributed by atoms with Gasteiger partial charge in [0.25, 0.3) is 0 Å². The van der Waals surface area contributed by atoms with E-state index in [1.54, 1.807) is 7.11 Å². The van der Waals surface area contributed by atoms with Gasteiger partial charge >= 0.3 is 0 Å². The summed E-state index contributed by atoms with van der Waals surface area (Å²) in [6, 6.07) is 1.60. The molecule has 23 heavy (non-hydrogen) atoms. The zero-order valence-electron chi connectivity index (χ0n) is 13.8. The lowest BCUT2D eigenvalue weighted by atomic mass is 9.95. The molecule has 2 unspecified atom stereocenters. The van der Waals surface area contributed by atoms with Crippen molar-refractivity contribution in [3.63, 3.8) is 0 Å². The molecule has 0 radical (unpaired) electrons. The lowest BCUT2D eigenvalue weighted by molar-refractivity contribution is 0.0138. The summed E-state index contributed by atoms with van der Waals surface area (Å²) >= 11 is 6.32. The first-order valence-corrected chi connectivity index (χ1v) is 7.94. The van der Waals surface area contributed by atoms with Crippen molar-refractivity contribution in [2.24, 2.45) is 5.73 Å². The molecule has 7 heteroatoms. The van der Waals surface area contributed by atoms with Crippen LogP contribution in [0.1, 0.15) is 35.8 Å². The normalized spacial score (nSPS) is 18.2. The first kappa shape index (κ1) is 20.5. The van der Waals surface area contributed by atoms with Crippen LogP contribution in [0.15, 0.2) is 6.07 Å². The van der Waals surface area contributed by atoms with Gasteiger partial charge in [0, 0.05) is 41.8 Å². The molecule has 1 heterocycles. The summed E-state index contributed by atoms with van der Waals surface area (Å²) in [7, 11) is 1.60. The Hall–Kier alpha value is -0.560. The van der Waals surface area contributed by atoms with E-state index in [-0.39, 0.29) is 18.4 Å². The average molecular weight is 365 g/mol. The van der Waals surface area contributed by atoms with Gasteiger partial charge in [-0.2, -0.15) is 0 Å². The Morgan fingerprint density at radius 1 is 1.43 bits per heavy atom. The fourth-order valence-corrected chi connectivity index (χ4v) is 3.07. The van der Waals surface area contributed by atoms with Gasteiger partial charge in [-0.1, -0.05) is 11.6 Å². The van der Waals surface area contributed by atoms with Crippen LogP contribution < -0.4 is 10.5 Å². The highest BCUT2D eigenvalue weighted by Crippen LogP contribution is 2.39. The van der Waals surface area contributed by atoms with E-state index in [1.165, 1.54) is 0 Å². The average Bonchev–Trinajstić information content (AvgIpc) is 2.49. The molecule has 0 aromatic heterocycles. The Bertz CT molecular complexity index is 521. The molecule has 0 aliphatic carbocycles. The molecule has 0 amide bonds. The molecule has 2 rings (SSSR count). The molecule has 1 aliphatic rings. The summed E-state index contributed by atoms with van der Waals surface area (Å²) < 4.78 is 10.9. The van der Waals surface area contributed by atoms with Gasteiger partial charge in [0.2, 0.25) is 0 Å². The number of methoxy groups -OCH3 is 1. The first-order valence-electron chi connectivity index (χ1n) is 7.56. The SMILES string of the molecule is COc1c(C(C)N)cc(Cl)c(C)c1C(O)CN1CCOCC1.Cl. The molecule has 1 aliphatic heterocycles. The zero-order chi connectivity index (χ0) is 16.3. The maximum Gasteiger partial charge on any atom is 0.129 e. The third-order valence-corrected chi connectivity index (χ3v) is 4.51. The number of nitrogens with two attached hydrogens (primary N) is 1. The largest absolute Gasteiger partial charge is 0.496 e. The number of aliphatic hydroxyl groups excluding tert-OH is 1. The van der Waals surface area contributed by atoms with Crippen molar-refractivity contribution in [1.82, 2.24) is 4.90 Å². The van der Waals surface area contributed by atoms with Crippen LogP contribution in [0, 0.1) is 6.92 Å². The molecule has 132 valence electrons. The Morgan fingerprint density at radius 3 is 2.57 bits per heavy atom. The number of hydrogen-bond donors (Lipinski definition) is 2. The van der Waals surface area contributed by atoms with Crippen molar-refractivity contribution in [2.75, 3.05) is 40.0 Å². The molecule has 0 saturated carbocycles. The number of rotatable bonds is 5. The van der Waals surface area contributed by atoms with Crippen molar-refractivity contribution in [2.45, 2.75) is 26.0 Å². The van der Waals surface area contributed by atoms with Crippen LogP contribution in [0.2, 0.25) is 5.02 Å². The lowest BCUT2D eigenvalue weighted by Gasteiger charge is -2.30. The van der Waals surface area contributed by atoms with Crippen molar-refractivity contribution in [1.29, 1.82) is 0 Å². The van der Waals surface area contributed by atoms with Crippen LogP contribution in [0.3, 0.4) is 0 Å². The quantitative estimate of drug-likeness (QED) is 0.839. The third kappa shape index (κ3) is 4.72. The number of halogens is 2. The van der Waals surface area contributed by atoms with Crippen molar-refractivity contribution < 1.29 is 14.6 Å². The van der Waals surface area contributed by atoms with Gasteiger partial charge in [-0.25, -0.2) is 0 Å². The van der Waals surface area contributed by atoms with Gasteiger partial charge in [0.15, 0.2) is 0 Å². The first-order chi connectivity index (χ1) is 10.5. The van der Waals surface area contributed by atoms with Crippen LogP contribution >= 0.6 is 24.0 Å². The Kier molecular flexibility index (Phi) is 8.07. The molecule has 0 spiro atoms. The molecule has 1 fully saturated rings. The minimum atomic E-state index is -0.677. The van der Waals surface area contributed by atoms with E-state index >= 15 is 0 Å². The molecule has 1 saturated heterocycles. The number of β-amino-alcohol motifs (C(OH)–C–C–N with tert-alkyl or cyclic N) is 1. The Morgan fingerprint density at radius 2 is 2.04 bits per heavy atom. The molecule has 3 N–H and O–H groups in total. The Balaban J connectivity index is 0.00000264. The highest BCUT2D eigenvalue weighted by atomic mass is 35.5. The number of hydrogen-bond acceptors (Lipinski definition) is 5. The third-order valence-electron chi connectivity index (χ3n) is 4.11. The van der Waals surface area contributed by atoms with E-state index in [0.717, 1.165) is 29.8 Å². The topological polar surface area (TPSA) is 68.0 Å². The predicted octanol–water partition coefficient (Wildman–Crippen LogP) is 2.46. The summed E-state index contributed by atoms with van der Waals surface area (Å²) in [5.41, 5.74) is 8.40. The maximum atomic E-state index is 10.7. The summed E-state index contributed by atoms with van der Waals surface area (Å²) in [4.78, 5) is 2.18. The Labute approximate surface area is 149 Å². The van der Waals surface area contributed by atoms with Crippen LogP contribution in [0.25, 0.3) is 0 Å². The summed E-state index contributed by atoms with van der Waals surface area (Å²) in [6.07, 6.45) is -0.677. The van der Waals surface area contributed by atoms with Crippen LogP contribution in [-0.2, 0) is 4.74 Å². The van der Waals surface area contributed by atoms with E-state index < -0.39 is 6.10 Å². The van der Waals surface area contributed by atoms with Gasteiger partial charge in [-0.05, 0) is 25.5 Å². The van der Waals surface area contributed by atoms with E-state index in [2.05, 4.69) is 4.90 Å². The fraction of sp³-hybridized carbons (Fsp3) is 0.625. The molecule has 5 nitrogen and oxygen atoms in total. The van der Waals surface area contributed by atoms with Crippen molar-refractivity contribution >= 4 is 24.0 Å². The van der Waals surface area contributed by atoms with E-state index in [4.69, 9.17) is 26.8 Å². The minimum absolute atomic E-state index is 0. The minimum Gasteiger partial charge on any atom is -0.496 e. The number of benzene rings is 1. The molecule has 1 aromatic rings. The lowest BCUT2D eigenvalue weighted by Crippen LogP contribution is -2.39. The van der Waals surface area contributed by atoms with Gasteiger partial charge < -0.3 is 20.3 Å². The monoisotopic (exact) mass is 364 g/mol. The van der Waals surface area contributed by atoms with Gasteiger partial charge in [0.05, 0.1) is 26.4 Å². The summed E-state index contributed by atoms with van der Waals surface area (Å²) in [5.74, 6) is 0.637. The maximum absolute atomic E-state index is 10.7. The predicted molar refractivity (Wildman–Crippen MR) is 94.8 cm³/mol.